The Hall–Kier alpha value is -1.41. The molecule has 0 fully saturated rings. The van der Waals surface area contributed by atoms with Crippen molar-refractivity contribution >= 4 is 40.1 Å². The topological polar surface area (TPSA) is 148 Å². The predicted octanol–water partition coefficient (Wildman–Crippen LogP) is -4.44. The summed E-state index contributed by atoms with van der Waals surface area (Å²) in [5.74, 6) is -4.85. The number of benzene rings is 1. The Kier molecular flexibility index (Phi) is 11.6. The summed E-state index contributed by atoms with van der Waals surface area (Å²) >= 11 is 5.62. The van der Waals surface area contributed by atoms with Crippen molar-refractivity contribution in [3.63, 3.8) is 0 Å². The number of fused-ring (bicyclic) bond motifs is 1. The molecule has 0 spiro atoms. The average Bonchev–Trinajstić information content (AvgIpc) is 3.24. The molecule has 4 aromatic rings. The predicted molar refractivity (Wildman–Crippen MR) is 104 cm³/mol. The van der Waals surface area contributed by atoms with E-state index in [1.54, 1.807) is 18.2 Å². The molecule has 0 amide bonds. The maximum Gasteiger partial charge on any atom is 1.00 e. The summed E-state index contributed by atoms with van der Waals surface area (Å²) in [4.78, 5) is 30.8. The molecule has 0 atom stereocenters. The number of carbonyl (C=O) groups is 2. The van der Waals surface area contributed by atoms with Gasteiger partial charge in [0.25, 0.3) is 0 Å². The van der Waals surface area contributed by atoms with E-state index in [9.17, 15) is 28.6 Å². The number of hydrogen-bond donors (Lipinski definition) is 2. The fourth-order valence-corrected chi connectivity index (χ4v) is 2.84. The van der Waals surface area contributed by atoms with Gasteiger partial charge in [-0.2, -0.15) is 0 Å². The minimum absolute atomic E-state index is 0. The number of hydrogen-bond acceptors (Lipinski definition) is 7. The first-order valence-corrected chi connectivity index (χ1v) is 8.84. The van der Waals surface area contributed by atoms with E-state index in [1.165, 1.54) is 30.6 Å². The molecular formula is C20H11ClF2KN4NaO4. The largest absolute Gasteiger partial charge is 1.00 e. The van der Waals surface area contributed by atoms with Crippen LogP contribution < -0.4 is 96.9 Å². The minimum atomic E-state index is -1.74. The van der Waals surface area contributed by atoms with E-state index in [-0.39, 0.29) is 97.7 Å². The van der Waals surface area contributed by atoms with Crippen molar-refractivity contribution in [1.29, 1.82) is 0 Å². The first kappa shape index (κ1) is 29.6. The van der Waals surface area contributed by atoms with Crippen LogP contribution in [0.4, 0.5) is 14.5 Å². The number of carbonyl (C=O) groups excluding carboxylic acids is 2. The summed E-state index contributed by atoms with van der Waals surface area (Å²) in [5, 5.41) is 21.0. The van der Waals surface area contributed by atoms with Crippen LogP contribution in [0.25, 0.3) is 22.2 Å². The van der Waals surface area contributed by atoms with E-state index < -0.39 is 45.7 Å². The molecular weight excluding hydrogens is 496 g/mol. The quantitative estimate of drug-likeness (QED) is 0.266. The maximum atomic E-state index is 14.5. The number of aromatic amines is 1. The summed E-state index contributed by atoms with van der Waals surface area (Å²) < 4.78 is 28.7. The van der Waals surface area contributed by atoms with Gasteiger partial charge in [-0.1, -0.05) is 23.7 Å². The van der Waals surface area contributed by atoms with E-state index in [2.05, 4.69) is 15.0 Å². The number of pyridine rings is 2. The van der Waals surface area contributed by atoms with Gasteiger partial charge in [-0.3, -0.25) is 4.98 Å². The van der Waals surface area contributed by atoms with Crippen molar-refractivity contribution < 1.29 is 110 Å². The van der Waals surface area contributed by atoms with Crippen LogP contribution in [0.5, 0.6) is 0 Å². The molecule has 0 aliphatic carbocycles. The van der Waals surface area contributed by atoms with Crippen LogP contribution in [0.2, 0.25) is 5.02 Å². The zero-order chi connectivity index (χ0) is 22.7. The van der Waals surface area contributed by atoms with Gasteiger partial charge < -0.3 is 30.5 Å². The molecule has 158 valence electrons. The first-order chi connectivity index (χ1) is 14.7. The Morgan fingerprint density at radius 1 is 1.03 bits per heavy atom. The summed E-state index contributed by atoms with van der Waals surface area (Å²) in [6.07, 6.45) is 2.93. The fraction of sp³-hybridized carbons (Fsp3) is 0. The van der Waals surface area contributed by atoms with Crippen molar-refractivity contribution in [2.75, 3.05) is 5.73 Å². The smallest absolute Gasteiger partial charge is 0.543 e. The molecule has 13 heteroatoms. The molecule has 8 nitrogen and oxygen atoms in total. The van der Waals surface area contributed by atoms with Crippen LogP contribution in [0.1, 0.15) is 21.0 Å². The van der Waals surface area contributed by atoms with Crippen molar-refractivity contribution in [2.45, 2.75) is 0 Å². The van der Waals surface area contributed by atoms with E-state index in [0.29, 0.717) is 5.39 Å². The fourth-order valence-electron chi connectivity index (χ4n) is 2.63. The molecule has 1 aromatic carbocycles. The van der Waals surface area contributed by atoms with Gasteiger partial charge in [-0.15, -0.1) is 0 Å². The van der Waals surface area contributed by atoms with Gasteiger partial charge in [0, 0.05) is 23.3 Å². The third-order valence-corrected chi connectivity index (χ3v) is 4.48. The number of aromatic carboxylic acids is 2. The molecule has 0 aliphatic rings. The third-order valence-electron chi connectivity index (χ3n) is 4.10. The standard InChI is InChI=1S/C14H8ClF2N3O2.C6H5NO2.K.Na/c15-7-10(18)9(17)12(20-13(7)14(21)22)6-2-1-5-3-4-19-11(5)8(6)16;8-6(9)5-3-1-2-4-7-5;;/h1-4,19H,(H2,18,20)(H,21,22);1-4H,(H,8,9);;/q;;2*+1/p-2. The number of halogens is 3. The molecule has 3 heterocycles. The van der Waals surface area contributed by atoms with Crippen LogP contribution in [0, 0.1) is 11.6 Å². The molecule has 0 aliphatic heterocycles. The van der Waals surface area contributed by atoms with Gasteiger partial charge in [-0.25, -0.2) is 13.8 Å². The van der Waals surface area contributed by atoms with Crippen LogP contribution >= 0.6 is 11.6 Å². The average molecular weight is 507 g/mol. The monoisotopic (exact) mass is 506 g/mol. The zero-order valence-electron chi connectivity index (χ0n) is 17.4. The van der Waals surface area contributed by atoms with Crippen molar-refractivity contribution in [3.8, 4) is 11.3 Å². The molecule has 0 saturated carbocycles. The summed E-state index contributed by atoms with van der Waals surface area (Å²) in [7, 11) is 0. The minimum Gasteiger partial charge on any atom is -0.543 e. The third kappa shape index (κ3) is 6.59. The van der Waals surface area contributed by atoms with E-state index in [1.807, 2.05) is 0 Å². The Morgan fingerprint density at radius 3 is 2.27 bits per heavy atom. The SMILES string of the molecule is Nc1c(F)c(-c2ccc3cc[nH]c3c2F)nc(C(=O)[O-])c1Cl.O=C([O-])c1ccccn1.[K+].[Na+]. The van der Waals surface area contributed by atoms with Gasteiger partial charge in [0.2, 0.25) is 0 Å². The number of rotatable bonds is 3. The number of H-pyrrole nitrogens is 1. The summed E-state index contributed by atoms with van der Waals surface area (Å²) in [5.41, 5.74) is 3.38. The second-order valence-corrected chi connectivity index (χ2v) is 6.39. The number of nitrogen functional groups attached to an aromatic ring is 1. The number of anilines is 1. The van der Waals surface area contributed by atoms with Crippen LogP contribution in [0.3, 0.4) is 0 Å². The molecule has 0 radical (unpaired) electrons. The Labute approximate surface area is 255 Å². The molecule has 3 aromatic heterocycles. The molecule has 0 bridgehead atoms. The Bertz CT molecular complexity index is 1310. The number of aromatic nitrogens is 3. The molecule has 4 rings (SSSR count). The van der Waals surface area contributed by atoms with Crippen LogP contribution in [-0.4, -0.2) is 26.9 Å². The number of nitrogens with two attached hydrogens (primary N) is 1. The molecule has 3 N–H and O–H groups in total. The normalized spacial score (nSPS) is 9.79. The second kappa shape index (κ2) is 12.9. The van der Waals surface area contributed by atoms with Gasteiger partial charge in [0.1, 0.15) is 11.4 Å². The summed E-state index contributed by atoms with van der Waals surface area (Å²) in [6, 6.07) is 9.08. The van der Waals surface area contributed by atoms with Crippen molar-refractivity contribution in [2.24, 2.45) is 0 Å². The number of nitrogens with zero attached hydrogens (tertiary/aromatic N) is 2. The number of carboxylic acid groups (broad SMARTS) is 2. The van der Waals surface area contributed by atoms with Crippen molar-refractivity contribution in [3.05, 3.63) is 76.8 Å². The van der Waals surface area contributed by atoms with Crippen molar-refractivity contribution in [1.82, 2.24) is 15.0 Å². The number of nitrogens with one attached hydrogen (secondary N) is 1. The molecule has 33 heavy (non-hydrogen) atoms. The Morgan fingerprint density at radius 2 is 1.73 bits per heavy atom. The van der Waals surface area contributed by atoms with Crippen LogP contribution in [0.15, 0.2) is 48.8 Å². The molecule has 0 unspecified atom stereocenters. The van der Waals surface area contributed by atoms with Crippen LogP contribution in [-0.2, 0) is 0 Å². The van der Waals surface area contributed by atoms with Gasteiger partial charge in [0.05, 0.1) is 33.9 Å². The maximum absolute atomic E-state index is 14.5. The first-order valence-electron chi connectivity index (χ1n) is 8.46. The van der Waals surface area contributed by atoms with E-state index >= 15 is 0 Å². The van der Waals surface area contributed by atoms with Gasteiger partial charge in [-0.05, 0) is 24.3 Å². The van der Waals surface area contributed by atoms with Gasteiger partial charge >= 0.3 is 80.9 Å². The Balaban J connectivity index is 0.000000422. The zero-order valence-corrected chi connectivity index (χ0v) is 23.2. The number of carboxylic acids is 2. The summed E-state index contributed by atoms with van der Waals surface area (Å²) in [6.45, 7) is 0. The van der Waals surface area contributed by atoms with Gasteiger partial charge in [0.15, 0.2) is 11.6 Å². The van der Waals surface area contributed by atoms with E-state index in [4.69, 9.17) is 17.3 Å². The molecule has 0 saturated heterocycles. The van der Waals surface area contributed by atoms with E-state index in [0.717, 1.165) is 0 Å². The second-order valence-electron chi connectivity index (χ2n) is 6.01.